The molecule has 2 amide bonds. The summed E-state index contributed by atoms with van der Waals surface area (Å²) in [5.41, 5.74) is 5.92. The first-order valence-electron chi connectivity index (χ1n) is 6.27. The van der Waals surface area contributed by atoms with E-state index >= 15 is 0 Å². The third kappa shape index (κ3) is 2.18. The number of amides is 2. The largest absolute Gasteiger partial charge is 0.359 e. The van der Waals surface area contributed by atoms with Crippen molar-refractivity contribution in [2.75, 3.05) is 13.6 Å². The van der Waals surface area contributed by atoms with E-state index in [1.165, 1.54) is 0 Å². The molecule has 2 aliphatic rings. The molecule has 98 valence electrons. The summed E-state index contributed by atoms with van der Waals surface area (Å²) >= 11 is 0. The Kier molecular flexibility index (Phi) is 3.53. The second-order valence-corrected chi connectivity index (χ2v) is 4.96. The van der Waals surface area contributed by atoms with Gasteiger partial charge < -0.3 is 16.0 Å². The standard InChI is InChI=1S/C12H18N4O2/c1-15-11(17)9-5-8(9)10(14)12(18)16-4-2-3-7(16)6-13/h7-10H,2-5,14H2,1H3,(H,15,17)/t7-,8+,9-,10-/m0/s1. The number of nitrogens with one attached hydrogen (secondary N) is 1. The zero-order valence-electron chi connectivity index (χ0n) is 10.4. The number of carbonyl (C=O) groups excluding carboxylic acids is 2. The maximum Gasteiger partial charge on any atom is 0.240 e. The van der Waals surface area contributed by atoms with Crippen LogP contribution in [-0.4, -0.2) is 42.4 Å². The minimum atomic E-state index is -0.652. The van der Waals surface area contributed by atoms with Gasteiger partial charge in [0.2, 0.25) is 11.8 Å². The van der Waals surface area contributed by atoms with Gasteiger partial charge in [-0.25, -0.2) is 0 Å². The molecule has 1 aliphatic heterocycles. The Labute approximate surface area is 106 Å². The fraction of sp³-hybridized carbons (Fsp3) is 0.750. The van der Waals surface area contributed by atoms with Crippen molar-refractivity contribution < 1.29 is 9.59 Å². The lowest BCUT2D eigenvalue weighted by atomic mass is 10.1. The second kappa shape index (κ2) is 4.94. The molecule has 2 fully saturated rings. The van der Waals surface area contributed by atoms with Crippen LogP contribution in [0.5, 0.6) is 0 Å². The lowest BCUT2D eigenvalue weighted by Crippen LogP contribution is -2.47. The molecule has 0 bridgehead atoms. The lowest BCUT2D eigenvalue weighted by Gasteiger charge is -2.23. The molecule has 1 heterocycles. The number of hydrogen-bond acceptors (Lipinski definition) is 4. The van der Waals surface area contributed by atoms with Gasteiger partial charge in [0.25, 0.3) is 0 Å². The smallest absolute Gasteiger partial charge is 0.240 e. The molecule has 0 aromatic rings. The summed E-state index contributed by atoms with van der Waals surface area (Å²) in [7, 11) is 1.58. The van der Waals surface area contributed by atoms with Gasteiger partial charge in [0.05, 0.1) is 12.1 Å². The summed E-state index contributed by atoms with van der Waals surface area (Å²) in [6.45, 7) is 0.599. The van der Waals surface area contributed by atoms with Crippen molar-refractivity contribution in [1.82, 2.24) is 10.2 Å². The van der Waals surface area contributed by atoms with Gasteiger partial charge in [0, 0.05) is 19.5 Å². The first kappa shape index (κ1) is 12.8. The van der Waals surface area contributed by atoms with E-state index in [4.69, 9.17) is 11.0 Å². The van der Waals surface area contributed by atoms with Crippen LogP contribution in [-0.2, 0) is 9.59 Å². The summed E-state index contributed by atoms with van der Waals surface area (Å²) in [6.07, 6.45) is 2.23. The van der Waals surface area contributed by atoms with E-state index in [1.807, 2.05) is 0 Å². The van der Waals surface area contributed by atoms with Crippen LogP contribution in [0.2, 0.25) is 0 Å². The van der Waals surface area contributed by atoms with Gasteiger partial charge in [-0.1, -0.05) is 0 Å². The molecule has 0 radical (unpaired) electrons. The Bertz CT molecular complexity index is 403. The molecule has 18 heavy (non-hydrogen) atoms. The third-order valence-electron chi connectivity index (χ3n) is 3.85. The highest BCUT2D eigenvalue weighted by Gasteiger charge is 2.50. The molecule has 0 aromatic heterocycles. The molecule has 4 atom stereocenters. The summed E-state index contributed by atoms with van der Waals surface area (Å²) in [4.78, 5) is 25.1. The number of likely N-dealkylation sites (tertiary alicyclic amines) is 1. The van der Waals surface area contributed by atoms with Gasteiger partial charge in [-0.3, -0.25) is 9.59 Å². The zero-order chi connectivity index (χ0) is 13.3. The Morgan fingerprint density at radius 1 is 1.56 bits per heavy atom. The summed E-state index contributed by atoms with van der Waals surface area (Å²) in [6, 6.07) is 1.13. The Balaban J connectivity index is 1.95. The van der Waals surface area contributed by atoms with Crippen LogP contribution in [0.1, 0.15) is 19.3 Å². The summed E-state index contributed by atoms with van der Waals surface area (Å²) in [5.74, 6) is -0.452. The maximum atomic E-state index is 12.2. The fourth-order valence-corrected chi connectivity index (χ4v) is 2.64. The van der Waals surface area contributed by atoms with Crippen LogP contribution in [0.4, 0.5) is 0 Å². The molecule has 3 N–H and O–H groups in total. The lowest BCUT2D eigenvalue weighted by molar-refractivity contribution is -0.133. The summed E-state index contributed by atoms with van der Waals surface area (Å²) < 4.78 is 0. The van der Waals surface area contributed by atoms with Crippen LogP contribution in [0.3, 0.4) is 0 Å². The van der Waals surface area contributed by atoms with Crippen molar-refractivity contribution in [1.29, 1.82) is 5.26 Å². The molecule has 1 saturated carbocycles. The highest BCUT2D eigenvalue weighted by molar-refractivity contribution is 5.87. The van der Waals surface area contributed by atoms with Gasteiger partial charge in [-0.2, -0.15) is 5.26 Å². The maximum absolute atomic E-state index is 12.2. The molecule has 2 rings (SSSR count). The van der Waals surface area contributed by atoms with E-state index in [1.54, 1.807) is 11.9 Å². The fourth-order valence-electron chi connectivity index (χ4n) is 2.64. The van der Waals surface area contributed by atoms with E-state index in [0.29, 0.717) is 13.0 Å². The Morgan fingerprint density at radius 3 is 2.89 bits per heavy atom. The first-order valence-corrected chi connectivity index (χ1v) is 6.27. The predicted octanol–water partition coefficient (Wildman–Crippen LogP) is -0.790. The highest BCUT2D eigenvalue weighted by atomic mass is 16.2. The minimum absolute atomic E-state index is 0.0542. The van der Waals surface area contributed by atoms with Crippen LogP contribution >= 0.6 is 0 Å². The SMILES string of the molecule is CNC(=O)[C@H]1C[C@H]1[C@H](N)C(=O)N1CCC[C@H]1C#N. The highest BCUT2D eigenvalue weighted by Crippen LogP contribution is 2.41. The average molecular weight is 250 g/mol. The topological polar surface area (TPSA) is 99.2 Å². The monoisotopic (exact) mass is 250 g/mol. The van der Waals surface area contributed by atoms with Gasteiger partial charge in [-0.05, 0) is 25.2 Å². The van der Waals surface area contributed by atoms with Gasteiger partial charge in [0.1, 0.15) is 6.04 Å². The van der Waals surface area contributed by atoms with Crippen LogP contribution in [0.15, 0.2) is 0 Å². The van der Waals surface area contributed by atoms with Crippen molar-refractivity contribution in [2.24, 2.45) is 17.6 Å². The van der Waals surface area contributed by atoms with E-state index in [0.717, 1.165) is 12.8 Å². The molecular weight excluding hydrogens is 232 g/mol. The number of carbonyl (C=O) groups is 2. The van der Waals surface area contributed by atoms with Gasteiger partial charge >= 0.3 is 0 Å². The summed E-state index contributed by atoms with van der Waals surface area (Å²) in [5, 5.41) is 11.5. The quantitative estimate of drug-likeness (QED) is 0.685. The van der Waals surface area contributed by atoms with E-state index < -0.39 is 6.04 Å². The van der Waals surface area contributed by atoms with Gasteiger partial charge in [0.15, 0.2) is 0 Å². The number of hydrogen-bond donors (Lipinski definition) is 2. The molecule has 0 spiro atoms. The minimum Gasteiger partial charge on any atom is -0.359 e. The van der Waals surface area contributed by atoms with Gasteiger partial charge in [-0.15, -0.1) is 0 Å². The normalized spacial score (nSPS) is 31.6. The van der Waals surface area contributed by atoms with Crippen molar-refractivity contribution in [2.45, 2.75) is 31.3 Å². The molecule has 6 heteroatoms. The van der Waals surface area contributed by atoms with Crippen molar-refractivity contribution >= 4 is 11.8 Å². The molecule has 1 saturated heterocycles. The van der Waals surface area contributed by atoms with Crippen molar-refractivity contribution in [3.63, 3.8) is 0 Å². The predicted molar refractivity (Wildman–Crippen MR) is 64.0 cm³/mol. The third-order valence-corrected chi connectivity index (χ3v) is 3.85. The van der Waals surface area contributed by atoms with E-state index in [-0.39, 0.29) is 29.7 Å². The number of nitrogens with two attached hydrogens (primary N) is 1. The number of rotatable bonds is 3. The molecule has 0 aromatic carbocycles. The average Bonchev–Trinajstić information content (AvgIpc) is 3.05. The van der Waals surface area contributed by atoms with Crippen LogP contribution < -0.4 is 11.1 Å². The van der Waals surface area contributed by atoms with Crippen LogP contribution in [0, 0.1) is 23.2 Å². The molecule has 0 unspecified atom stereocenters. The van der Waals surface area contributed by atoms with Crippen molar-refractivity contribution in [3.05, 3.63) is 0 Å². The van der Waals surface area contributed by atoms with E-state index in [9.17, 15) is 9.59 Å². The van der Waals surface area contributed by atoms with E-state index in [2.05, 4.69) is 11.4 Å². The Morgan fingerprint density at radius 2 is 2.28 bits per heavy atom. The zero-order valence-corrected chi connectivity index (χ0v) is 10.4. The molecule has 6 nitrogen and oxygen atoms in total. The second-order valence-electron chi connectivity index (χ2n) is 4.96. The van der Waals surface area contributed by atoms with Crippen molar-refractivity contribution in [3.8, 4) is 6.07 Å². The molecular formula is C12H18N4O2. The Hall–Kier alpha value is -1.61. The first-order chi connectivity index (χ1) is 8.60. The number of nitrogens with zero attached hydrogens (tertiary/aromatic N) is 2. The number of nitriles is 1. The molecule has 1 aliphatic carbocycles. The van der Waals surface area contributed by atoms with Crippen LogP contribution in [0.25, 0.3) is 0 Å².